The normalized spacial score (nSPS) is 15.5. The molecule has 1 aliphatic heterocycles. The minimum Gasteiger partial charge on any atom is -0.386 e. The summed E-state index contributed by atoms with van der Waals surface area (Å²) >= 11 is 5.57. The second-order valence-corrected chi connectivity index (χ2v) is 4.03. The summed E-state index contributed by atoms with van der Waals surface area (Å²) in [5, 5.41) is 2.76. The number of nitrogens with two attached hydrogens (primary N) is 1. The van der Waals surface area contributed by atoms with Crippen LogP contribution in [0.25, 0.3) is 0 Å². The fourth-order valence-electron chi connectivity index (χ4n) is 1.70. The first-order chi connectivity index (χ1) is 8.11. The number of halogens is 1. The van der Waals surface area contributed by atoms with Crippen LogP contribution in [0.5, 0.6) is 0 Å². The summed E-state index contributed by atoms with van der Waals surface area (Å²) in [7, 11) is 1.73. The van der Waals surface area contributed by atoms with E-state index in [2.05, 4.69) is 10.3 Å². The third kappa shape index (κ3) is 2.34. The number of fused-ring (bicyclic) bond motifs is 1. The van der Waals surface area contributed by atoms with Gasteiger partial charge in [-0.1, -0.05) is 0 Å². The van der Waals surface area contributed by atoms with Crippen molar-refractivity contribution < 1.29 is 4.79 Å². The lowest BCUT2D eigenvalue weighted by atomic mass is 10.1. The van der Waals surface area contributed by atoms with Gasteiger partial charge in [0.2, 0.25) is 0 Å². The third-order valence-electron chi connectivity index (χ3n) is 2.57. The van der Waals surface area contributed by atoms with E-state index in [1.165, 1.54) is 0 Å². The molecule has 1 aliphatic rings. The highest BCUT2D eigenvalue weighted by Crippen LogP contribution is 2.27. The van der Waals surface area contributed by atoms with Crippen molar-refractivity contribution in [3.63, 3.8) is 0 Å². The number of rotatable bonds is 2. The predicted octanol–water partition coefficient (Wildman–Crippen LogP) is 1.57. The molecule has 17 heavy (non-hydrogen) atoms. The molecule has 0 radical (unpaired) electrons. The van der Waals surface area contributed by atoms with E-state index >= 15 is 0 Å². The zero-order valence-corrected chi connectivity index (χ0v) is 10.2. The number of carbonyl (C=O) groups is 1. The Balaban J connectivity index is 2.35. The number of amidine groups is 1. The molecule has 0 bridgehead atoms. The van der Waals surface area contributed by atoms with Crippen molar-refractivity contribution in [3.8, 4) is 0 Å². The zero-order valence-electron chi connectivity index (χ0n) is 9.40. The molecule has 0 atom stereocenters. The van der Waals surface area contributed by atoms with Gasteiger partial charge in [0, 0.05) is 13.6 Å². The molecule has 0 saturated heterocycles. The van der Waals surface area contributed by atoms with Crippen LogP contribution < -0.4 is 16.0 Å². The highest BCUT2D eigenvalue weighted by molar-refractivity contribution is 6.28. The topological polar surface area (TPSA) is 70.7 Å². The minimum absolute atomic E-state index is 0.103. The SMILES string of the molecule is CN1C(=O)NCc2cc(N=C(N)CCl)ccc21. The van der Waals surface area contributed by atoms with Gasteiger partial charge in [0.15, 0.2) is 0 Å². The fourth-order valence-corrected chi connectivity index (χ4v) is 1.76. The van der Waals surface area contributed by atoms with Crippen LogP contribution in [0.2, 0.25) is 0 Å². The highest BCUT2D eigenvalue weighted by atomic mass is 35.5. The molecule has 90 valence electrons. The number of aliphatic imine (C=N–C) groups is 1. The lowest BCUT2D eigenvalue weighted by molar-refractivity contribution is 0.246. The van der Waals surface area contributed by atoms with E-state index < -0.39 is 0 Å². The average molecular weight is 253 g/mol. The van der Waals surface area contributed by atoms with Gasteiger partial charge < -0.3 is 11.1 Å². The molecular formula is C11H13ClN4O. The number of nitrogens with one attached hydrogen (secondary N) is 1. The van der Waals surface area contributed by atoms with Crippen molar-refractivity contribution in [2.45, 2.75) is 6.54 Å². The van der Waals surface area contributed by atoms with Crippen LogP contribution in [0.15, 0.2) is 23.2 Å². The summed E-state index contributed by atoms with van der Waals surface area (Å²) in [4.78, 5) is 17.1. The standard InChI is InChI=1S/C11H13ClN4O/c1-16-9-3-2-8(15-10(13)5-12)4-7(9)6-14-11(16)17/h2-4H,5-6H2,1H3,(H2,13,15)(H,14,17). The molecule has 1 aromatic rings. The van der Waals surface area contributed by atoms with E-state index in [1.54, 1.807) is 11.9 Å². The van der Waals surface area contributed by atoms with Crippen molar-refractivity contribution in [3.05, 3.63) is 23.8 Å². The lowest BCUT2D eigenvalue weighted by Gasteiger charge is -2.26. The molecule has 0 spiro atoms. The summed E-state index contributed by atoms with van der Waals surface area (Å²) in [5.74, 6) is 0.577. The van der Waals surface area contributed by atoms with Gasteiger partial charge in [-0.25, -0.2) is 9.79 Å². The fraction of sp³-hybridized carbons (Fsp3) is 0.273. The van der Waals surface area contributed by atoms with Gasteiger partial charge in [-0.15, -0.1) is 11.6 Å². The Kier molecular flexibility index (Phi) is 3.19. The molecule has 2 rings (SSSR count). The minimum atomic E-state index is -0.103. The third-order valence-corrected chi connectivity index (χ3v) is 2.84. The van der Waals surface area contributed by atoms with Crippen LogP contribution in [-0.4, -0.2) is 24.8 Å². The molecule has 0 aromatic heterocycles. The van der Waals surface area contributed by atoms with Crippen LogP contribution in [0.1, 0.15) is 5.56 Å². The number of hydrogen-bond acceptors (Lipinski definition) is 2. The first kappa shape index (κ1) is 11.7. The number of carbonyl (C=O) groups excluding carboxylic acids is 1. The maximum absolute atomic E-state index is 11.4. The van der Waals surface area contributed by atoms with Gasteiger partial charge in [-0.05, 0) is 23.8 Å². The Morgan fingerprint density at radius 2 is 2.41 bits per heavy atom. The van der Waals surface area contributed by atoms with Gasteiger partial charge in [0.05, 0.1) is 17.3 Å². The van der Waals surface area contributed by atoms with Crippen LogP contribution in [0.3, 0.4) is 0 Å². The van der Waals surface area contributed by atoms with Gasteiger partial charge in [0.1, 0.15) is 5.84 Å². The molecule has 0 saturated carbocycles. The van der Waals surface area contributed by atoms with Crippen molar-refractivity contribution in [1.82, 2.24) is 5.32 Å². The smallest absolute Gasteiger partial charge is 0.321 e. The Bertz CT molecular complexity index is 486. The predicted molar refractivity (Wildman–Crippen MR) is 69.1 cm³/mol. The summed E-state index contributed by atoms with van der Waals surface area (Å²) in [6.45, 7) is 0.503. The molecule has 6 heteroatoms. The molecular weight excluding hydrogens is 240 g/mol. The number of alkyl halides is 1. The second kappa shape index (κ2) is 4.63. The van der Waals surface area contributed by atoms with Crippen LogP contribution >= 0.6 is 11.6 Å². The zero-order chi connectivity index (χ0) is 12.4. The van der Waals surface area contributed by atoms with E-state index in [-0.39, 0.29) is 11.9 Å². The van der Waals surface area contributed by atoms with E-state index in [0.29, 0.717) is 12.4 Å². The van der Waals surface area contributed by atoms with E-state index in [9.17, 15) is 4.79 Å². The number of anilines is 1. The summed E-state index contributed by atoms with van der Waals surface area (Å²) in [6, 6.07) is 5.46. The summed E-state index contributed by atoms with van der Waals surface area (Å²) < 4.78 is 0. The van der Waals surface area contributed by atoms with E-state index in [1.807, 2.05) is 18.2 Å². The maximum Gasteiger partial charge on any atom is 0.321 e. The van der Waals surface area contributed by atoms with Crippen LogP contribution in [0, 0.1) is 0 Å². The molecule has 5 nitrogen and oxygen atoms in total. The van der Waals surface area contributed by atoms with Crippen molar-refractivity contribution in [2.24, 2.45) is 10.7 Å². The van der Waals surface area contributed by atoms with Crippen molar-refractivity contribution >= 4 is 34.8 Å². The Morgan fingerprint density at radius 3 is 3.12 bits per heavy atom. The van der Waals surface area contributed by atoms with Crippen LogP contribution in [0.4, 0.5) is 16.2 Å². The van der Waals surface area contributed by atoms with Gasteiger partial charge in [-0.2, -0.15) is 0 Å². The van der Waals surface area contributed by atoms with Gasteiger partial charge in [-0.3, -0.25) is 4.90 Å². The largest absolute Gasteiger partial charge is 0.386 e. The van der Waals surface area contributed by atoms with E-state index in [4.69, 9.17) is 17.3 Å². The second-order valence-electron chi connectivity index (χ2n) is 3.77. The molecule has 3 N–H and O–H groups in total. The molecule has 1 aromatic carbocycles. The van der Waals surface area contributed by atoms with Crippen LogP contribution in [-0.2, 0) is 6.54 Å². The molecule has 2 amide bonds. The summed E-state index contributed by atoms with van der Waals surface area (Å²) in [5.41, 5.74) is 8.21. The molecule has 1 heterocycles. The first-order valence-corrected chi connectivity index (χ1v) is 5.68. The van der Waals surface area contributed by atoms with Gasteiger partial charge in [0.25, 0.3) is 0 Å². The number of hydrogen-bond donors (Lipinski definition) is 2. The molecule has 0 aliphatic carbocycles. The number of urea groups is 1. The monoisotopic (exact) mass is 252 g/mol. The van der Waals surface area contributed by atoms with Gasteiger partial charge >= 0.3 is 6.03 Å². The number of amides is 2. The van der Waals surface area contributed by atoms with Crippen molar-refractivity contribution in [1.29, 1.82) is 0 Å². The average Bonchev–Trinajstić information content (AvgIpc) is 2.34. The van der Waals surface area contributed by atoms with Crippen molar-refractivity contribution in [2.75, 3.05) is 17.8 Å². The Hall–Kier alpha value is -1.75. The maximum atomic E-state index is 11.4. The first-order valence-electron chi connectivity index (χ1n) is 5.15. The number of benzene rings is 1. The Labute approximate surface area is 104 Å². The Morgan fingerprint density at radius 1 is 1.65 bits per heavy atom. The summed E-state index contributed by atoms with van der Waals surface area (Å²) in [6.07, 6.45) is 0. The highest BCUT2D eigenvalue weighted by Gasteiger charge is 2.19. The number of nitrogens with zero attached hydrogens (tertiary/aromatic N) is 2. The molecule has 0 unspecified atom stereocenters. The lowest BCUT2D eigenvalue weighted by Crippen LogP contribution is -2.41. The quantitative estimate of drug-likeness (QED) is 0.477. The van der Waals surface area contributed by atoms with E-state index in [0.717, 1.165) is 16.9 Å². The molecule has 0 fully saturated rings.